The number of esters is 1. The van der Waals surface area contributed by atoms with Gasteiger partial charge in [-0.1, -0.05) is 0 Å². The highest BCUT2D eigenvalue weighted by Gasteiger charge is 2.20. The number of methoxy groups -OCH3 is 1. The summed E-state index contributed by atoms with van der Waals surface area (Å²) in [5, 5.41) is 15.4. The van der Waals surface area contributed by atoms with Crippen molar-refractivity contribution in [2.45, 2.75) is 19.4 Å². The third-order valence-electron chi connectivity index (χ3n) is 2.10. The lowest BCUT2D eigenvalue weighted by Gasteiger charge is -2.13. The third-order valence-corrected chi connectivity index (χ3v) is 2.10. The van der Waals surface area contributed by atoms with Crippen LogP contribution in [0.25, 0.3) is 0 Å². The molecular weight excluding hydrogens is 282 g/mol. The number of hydrogen-bond acceptors (Lipinski definition) is 7. The van der Waals surface area contributed by atoms with Gasteiger partial charge in [0.25, 0.3) is 0 Å². The lowest BCUT2D eigenvalue weighted by molar-refractivity contribution is -0.143. The second kappa shape index (κ2) is 13.0. The second-order valence-corrected chi connectivity index (χ2v) is 3.97. The Morgan fingerprint density at radius 2 is 1.71 bits per heavy atom. The Bertz CT molecular complexity index is 359. The van der Waals surface area contributed by atoms with Gasteiger partial charge in [-0.15, -0.1) is 0 Å². The summed E-state index contributed by atoms with van der Waals surface area (Å²) in [4.78, 5) is 42.5. The largest absolute Gasteiger partial charge is 0.480 e. The molecule has 0 aromatic rings. The number of carboxylic acids is 1. The normalized spacial score (nSPS) is 10.7. The Balaban J connectivity index is 0. The lowest BCUT2D eigenvalue weighted by atomic mass is 10.2. The van der Waals surface area contributed by atoms with Gasteiger partial charge in [0.15, 0.2) is 0 Å². The number of aliphatic carboxylic acids is 1. The standard InChI is InChI=1S/C9H16N2O4.C3H7NO2/c1-6(12)5-11-9(14)7(10-2)4-8(13)15-3;1-4-2-3(5)6/h7,10H,4-5H2,1-3H3,(H,11,14);4H,2H2,1H3,(H,5,6). The molecule has 1 amide bonds. The van der Waals surface area contributed by atoms with Crippen molar-refractivity contribution in [1.82, 2.24) is 16.0 Å². The summed E-state index contributed by atoms with van der Waals surface area (Å²) < 4.78 is 4.43. The van der Waals surface area contributed by atoms with Gasteiger partial charge in [-0.05, 0) is 21.0 Å². The molecule has 0 saturated carbocycles. The molecule has 0 aliphatic rings. The van der Waals surface area contributed by atoms with Gasteiger partial charge in [-0.2, -0.15) is 0 Å². The van der Waals surface area contributed by atoms with E-state index < -0.39 is 23.9 Å². The Hall–Kier alpha value is -2.00. The molecule has 0 rings (SSSR count). The summed E-state index contributed by atoms with van der Waals surface area (Å²) in [6.07, 6.45) is -0.0588. The first-order valence-corrected chi connectivity index (χ1v) is 6.16. The minimum absolute atomic E-state index is 0.0296. The van der Waals surface area contributed by atoms with Crippen LogP contribution in [-0.4, -0.2) is 69.1 Å². The van der Waals surface area contributed by atoms with Crippen molar-refractivity contribution in [3.8, 4) is 0 Å². The van der Waals surface area contributed by atoms with E-state index in [1.807, 2.05) is 0 Å². The Morgan fingerprint density at radius 3 is 2.00 bits per heavy atom. The second-order valence-electron chi connectivity index (χ2n) is 3.97. The van der Waals surface area contributed by atoms with Gasteiger partial charge in [0, 0.05) is 0 Å². The maximum Gasteiger partial charge on any atom is 0.317 e. The van der Waals surface area contributed by atoms with E-state index in [0.29, 0.717) is 0 Å². The highest BCUT2D eigenvalue weighted by Crippen LogP contribution is 1.93. The molecule has 122 valence electrons. The van der Waals surface area contributed by atoms with E-state index >= 15 is 0 Å². The maximum atomic E-state index is 11.4. The van der Waals surface area contributed by atoms with Crippen LogP contribution in [0.5, 0.6) is 0 Å². The van der Waals surface area contributed by atoms with Crippen LogP contribution in [0.4, 0.5) is 0 Å². The van der Waals surface area contributed by atoms with Crippen LogP contribution in [0.2, 0.25) is 0 Å². The van der Waals surface area contributed by atoms with E-state index in [4.69, 9.17) is 5.11 Å². The number of rotatable bonds is 8. The van der Waals surface area contributed by atoms with Crippen LogP contribution < -0.4 is 16.0 Å². The van der Waals surface area contributed by atoms with Crippen molar-refractivity contribution >= 4 is 23.6 Å². The van der Waals surface area contributed by atoms with Crippen molar-refractivity contribution in [2.75, 3.05) is 34.3 Å². The highest BCUT2D eigenvalue weighted by molar-refractivity contribution is 5.89. The summed E-state index contributed by atoms with van der Waals surface area (Å²) in [6.45, 7) is 1.38. The molecule has 0 spiro atoms. The Labute approximate surface area is 123 Å². The molecule has 1 unspecified atom stereocenters. The lowest BCUT2D eigenvalue weighted by Crippen LogP contribution is -2.45. The predicted octanol–water partition coefficient (Wildman–Crippen LogP) is -1.87. The zero-order chi connectivity index (χ0) is 16.8. The third kappa shape index (κ3) is 14.2. The fourth-order valence-electron chi connectivity index (χ4n) is 1.06. The average Bonchev–Trinajstić information content (AvgIpc) is 2.42. The van der Waals surface area contributed by atoms with Crippen LogP contribution in [0, 0.1) is 0 Å². The van der Waals surface area contributed by atoms with Crippen LogP contribution in [0.3, 0.4) is 0 Å². The zero-order valence-corrected chi connectivity index (χ0v) is 12.7. The van der Waals surface area contributed by atoms with Crippen molar-refractivity contribution in [1.29, 1.82) is 0 Å². The van der Waals surface area contributed by atoms with Crippen molar-refractivity contribution in [3.63, 3.8) is 0 Å². The SMILES string of the molecule is CNC(CC(=O)OC)C(=O)NCC(C)=O.CNCC(=O)O. The van der Waals surface area contributed by atoms with E-state index in [1.165, 1.54) is 14.0 Å². The van der Waals surface area contributed by atoms with Crippen LogP contribution in [0.1, 0.15) is 13.3 Å². The van der Waals surface area contributed by atoms with Crippen LogP contribution >= 0.6 is 0 Å². The average molecular weight is 305 g/mol. The van der Waals surface area contributed by atoms with E-state index in [1.54, 1.807) is 14.1 Å². The summed E-state index contributed by atoms with van der Waals surface area (Å²) in [5.41, 5.74) is 0. The quantitative estimate of drug-likeness (QED) is 0.383. The van der Waals surface area contributed by atoms with E-state index in [9.17, 15) is 19.2 Å². The first-order chi connectivity index (χ1) is 9.78. The van der Waals surface area contributed by atoms with Crippen LogP contribution in [0.15, 0.2) is 0 Å². The molecule has 0 aliphatic heterocycles. The fraction of sp³-hybridized carbons (Fsp3) is 0.667. The molecular formula is C12H23N3O6. The summed E-state index contributed by atoms with van der Waals surface area (Å²) in [5.74, 6) is -1.83. The summed E-state index contributed by atoms with van der Waals surface area (Å²) in [7, 11) is 4.40. The number of likely N-dealkylation sites (N-methyl/N-ethyl adjacent to an activating group) is 2. The molecule has 0 bridgehead atoms. The number of Topliss-reactive ketones (excluding diaryl/α,β-unsaturated/α-hetero) is 1. The highest BCUT2D eigenvalue weighted by atomic mass is 16.5. The molecule has 0 aromatic heterocycles. The minimum Gasteiger partial charge on any atom is -0.480 e. The van der Waals surface area contributed by atoms with Gasteiger partial charge in [0.2, 0.25) is 5.91 Å². The number of nitrogens with one attached hydrogen (secondary N) is 3. The number of amides is 1. The van der Waals surface area contributed by atoms with E-state index in [-0.39, 0.29) is 25.3 Å². The monoisotopic (exact) mass is 305 g/mol. The van der Waals surface area contributed by atoms with E-state index in [0.717, 1.165) is 0 Å². The summed E-state index contributed by atoms with van der Waals surface area (Å²) in [6, 6.07) is -0.670. The molecule has 9 heteroatoms. The molecule has 0 heterocycles. The smallest absolute Gasteiger partial charge is 0.317 e. The Morgan fingerprint density at radius 1 is 1.14 bits per heavy atom. The van der Waals surface area contributed by atoms with Gasteiger partial charge >= 0.3 is 11.9 Å². The molecule has 0 radical (unpaired) electrons. The molecule has 0 fully saturated rings. The number of ether oxygens (including phenoxy) is 1. The van der Waals surface area contributed by atoms with E-state index in [2.05, 4.69) is 20.7 Å². The predicted molar refractivity (Wildman–Crippen MR) is 74.7 cm³/mol. The molecule has 4 N–H and O–H groups in total. The zero-order valence-electron chi connectivity index (χ0n) is 12.7. The molecule has 1 atom stereocenters. The Kier molecular flexibility index (Phi) is 13.2. The number of hydrogen-bond donors (Lipinski definition) is 4. The number of carboxylic acid groups (broad SMARTS) is 1. The van der Waals surface area contributed by atoms with Gasteiger partial charge in [0.05, 0.1) is 32.7 Å². The topological polar surface area (TPSA) is 134 Å². The number of ketones is 1. The maximum absolute atomic E-state index is 11.4. The first kappa shape index (κ1) is 21.3. The molecule has 9 nitrogen and oxygen atoms in total. The molecule has 0 saturated heterocycles. The molecule has 21 heavy (non-hydrogen) atoms. The molecule has 0 aromatic carbocycles. The first-order valence-electron chi connectivity index (χ1n) is 6.16. The van der Waals surface area contributed by atoms with Gasteiger partial charge in [-0.25, -0.2) is 0 Å². The fourth-order valence-corrected chi connectivity index (χ4v) is 1.06. The minimum atomic E-state index is -0.822. The van der Waals surface area contributed by atoms with Crippen molar-refractivity contribution in [2.24, 2.45) is 0 Å². The van der Waals surface area contributed by atoms with Gasteiger partial charge in [-0.3, -0.25) is 19.2 Å². The molecule has 0 aliphatic carbocycles. The number of carbonyl (C=O) groups is 4. The van der Waals surface area contributed by atoms with Gasteiger partial charge < -0.3 is 25.8 Å². The van der Waals surface area contributed by atoms with Crippen LogP contribution in [-0.2, 0) is 23.9 Å². The van der Waals surface area contributed by atoms with Crippen molar-refractivity contribution < 1.29 is 29.0 Å². The van der Waals surface area contributed by atoms with Crippen molar-refractivity contribution in [3.05, 3.63) is 0 Å². The van der Waals surface area contributed by atoms with Gasteiger partial charge in [0.1, 0.15) is 5.78 Å². The summed E-state index contributed by atoms with van der Waals surface area (Å²) >= 11 is 0. The number of carbonyl (C=O) groups excluding carboxylic acids is 3.